The maximum Gasteiger partial charge on any atom is 0.224 e. The number of carbonyl (C=O) groups excluding carboxylic acids is 1. The summed E-state index contributed by atoms with van der Waals surface area (Å²) >= 11 is 6.19. The number of hydrogen-bond acceptors (Lipinski definition) is 5. The van der Waals surface area contributed by atoms with E-state index in [1.165, 1.54) is 0 Å². The number of fused-ring (bicyclic) bond motifs is 1. The van der Waals surface area contributed by atoms with Gasteiger partial charge in [0.2, 0.25) is 5.91 Å². The van der Waals surface area contributed by atoms with Crippen molar-refractivity contribution >= 4 is 17.5 Å². The zero-order valence-electron chi connectivity index (χ0n) is 12.0. The predicted molar refractivity (Wildman–Crippen MR) is 79.5 cm³/mol. The Morgan fingerprint density at radius 1 is 1.27 bits per heavy atom. The van der Waals surface area contributed by atoms with Crippen LogP contribution < -0.4 is 14.8 Å². The first-order valence-electron chi connectivity index (χ1n) is 7.26. The van der Waals surface area contributed by atoms with Gasteiger partial charge in [0, 0.05) is 17.7 Å². The number of rotatable bonds is 3. The zero-order chi connectivity index (χ0) is 15.5. The molecule has 3 rings (SSSR count). The van der Waals surface area contributed by atoms with E-state index in [0.29, 0.717) is 54.9 Å². The summed E-state index contributed by atoms with van der Waals surface area (Å²) in [5.74, 6) is 0.976. The van der Waals surface area contributed by atoms with Crippen LogP contribution in [0.2, 0.25) is 5.02 Å². The van der Waals surface area contributed by atoms with E-state index in [1.54, 1.807) is 12.1 Å². The molecular formula is C15H18ClNO5. The largest absolute Gasteiger partial charge is 0.486 e. The molecule has 1 aromatic carbocycles. The number of aliphatic hydroxyl groups is 1. The lowest BCUT2D eigenvalue weighted by Gasteiger charge is -2.28. The Morgan fingerprint density at radius 3 is 2.73 bits per heavy atom. The molecule has 1 amide bonds. The summed E-state index contributed by atoms with van der Waals surface area (Å²) < 4.78 is 16.2. The van der Waals surface area contributed by atoms with Crippen LogP contribution in [0.15, 0.2) is 12.1 Å². The molecular weight excluding hydrogens is 310 g/mol. The van der Waals surface area contributed by atoms with Crippen LogP contribution in [-0.2, 0) is 16.0 Å². The minimum atomic E-state index is -0.576. The van der Waals surface area contributed by atoms with Gasteiger partial charge in [-0.2, -0.15) is 0 Å². The predicted octanol–water partition coefficient (Wildman–Crippen LogP) is 0.920. The van der Waals surface area contributed by atoms with Crippen LogP contribution in [0.4, 0.5) is 0 Å². The SMILES string of the molecule is O=C(Cc1cc2c(cc1Cl)OCCO2)N[C@@H]1COCC[C@H]1O. The molecule has 0 unspecified atom stereocenters. The van der Waals surface area contributed by atoms with E-state index < -0.39 is 6.10 Å². The highest BCUT2D eigenvalue weighted by atomic mass is 35.5. The Hall–Kier alpha value is -1.50. The summed E-state index contributed by atoms with van der Waals surface area (Å²) in [6.07, 6.45) is 0.0578. The van der Waals surface area contributed by atoms with Crippen molar-refractivity contribution in [3.8, 4) is 11.5 Å². The van der Waals surface area contributed by atoms with Crippen molar-refractivity contribution in [1.82, 2.24) is 5.32 Å². The van der Waals surface area contributed by atoms with Gasteiger partial charge in [-0.3, -0.25) is 4.79 Å². The zero-order valence-corrected chi connectivity index (χ0v) is 12.8. The molecule has 1 fully saturated rings. The third kappa shape index (κ3) is 3.45. The monoisotopic (exact) mass is 327 g/mol. The van der Waals surface area contributed by atoms with Crippen LogP contribution in [0.3, 0.4) is 0 Å². The molecule has 0 saturated carbocycles. The van der Waals surface area contributed by atoms with Crippen molar-refractivity contribution in [1.29, 1.82) is 0 Å². The minimum Gasteiger partial charge on any atom is -0.486 e. The van der Waals surface area contributed by atoms with E-state index in [2.05, 4.69) is 5.32 Å². The first-order valence-corrected chi connectivity index (χ1v) is 7.64. The molecule has 1 aromatic rings. The summed E-state index contributed by atoms with van der Waals surface area (Å²) in [6.45, 7) is 1.80. The molecule has 6 nitrogen and oxygen atoms in total. The topological polar surface area (TPSA) is 77.0 Å². The average molecular weight is 328 g/mol. The minimum absolute atomic E-state index is 0.110. The Kier molecular flexibility index (Phi) is 4.71. The summed E-state index contributed by atoms with van der Waals surface area (Å²) in [5, 5.41) is 13.1. The van der Waals surface area contributed by atoms with Gasteiger partial charge in [-0.1, -0.05) is 11.6 Å². The molecule has 7 heteroatoms. The standard InChI is InChI=1S/C15H18ClNO5/c16-10-7-14-13(21-3-4-22-14)5-9(10)6-15(19)17-11-8-20-2-1-12(11)18/h5,7,11-12,18H,1-4,6,8H2,(H,17,19)/t11-,12-/m1/s1. The van der Waals surface area contributed by atoms with E-state index >= 15 is 0 Å². The third-order valence-electron chi connectivity index (χ3n) is 3.73. The second kappa shape index (κ2) is 6.73. The Morgan fingerprint density at radius 2 is 2.00 bits per heavy atom. The number of ether oxygens (including phenoxy) is 3. The fraction of sp³-hybridized carbons (Fsp3) is 0.533. The van der Waals surface area contributed by atoms with Crippen LogP contribution in [0.25, 0.3) is 0 Å². The van der Waals surface area contributed by atoms with Gasteiger partial charge in [0.25, 0.3) is 0 Å². The maximum atomic E-state index is 12.1. The summed E-state index contributed by atoms with van der Waals surface area (Å²) in [5.41, 5.74) is 0.662. The van der Waals surface area contributed by atoms with Gasteiger partial charge in [0.1, 0.15) is 13.2 Å². The molecule has 2 aliphatic heterocycles. The smallest absolute Gasteiger partial charge is 0.224 e. The Labute approximate surface area is 133 Å². The number of hydrogen-bond donors (Lipinski definition) is 2. The molecule has 0 spiro atoms. The Balaban J connectivity index is 1.66. The molecule has 1 saturated heterocycles. The van der Waals surface area contributed by atoms with Crippen molar-refractivity contribution in [3.05, 3.63) is 22.7 Å². The molecule has 0 bridgehead atoms. The third-order valence-corrected chi connectivity index (χ3v) is 4.08. The number of aliphatic hydroxyl groups excluding tert-OH is 1. The maximum absolute atomic E-state index is 12.1. The number of carbonyl (C=O) groups is 1. The van der Waals surface area contributed by atoms with Crippen LogP contribution in [0, 0.1) is 0 Å². The lowest BCUT2D eigenvalue weighted by atomic mass is 10.1. The normalized spacial score (nSPS) is 23.9. The quantitative estimate of drug-likeness (QED) is 0.863. The highest BCUT2D eigenvalue weighted by Gasteiger charge is 2.25. The van der Waals surface area contributed by atoms with Crippen molar-refractivity contribution in [3.63, 3.8) is 0 Å². The molecule has 0 radical (unpaired) electrons. The molecule has 22 heavy (non-hydrogen) atoms. The molecule has 2 aliphatic rings. The number of halogens is 1. The molecule has 2 heterocycles. The van der Waals surface area contributed by atoms with Crippen molar-refractivity contribution in [2.45, 2.75) is 25.0 Å². The number of amides is 1. The molecule has 2 N–H and O–H groups in total. The van der Waals surface area contributed by atoms with Gasteiger partial charge in [-0.25, -0.2) is 0 Å². The summed E-state index contributed by atoms with van der Waals surface area (Å²) in [7, 11) is 0. The van der Waals surface area contributed by atoms with E-state index in [0.717, 1.165) is 0 Å². The van der Waals surface area contributed by atoms with Crippen LogP contribution in [0.1, 0.15) is 12.0 Å². The van der Waals surface area contributed by atoms with E-state index in [4.69, 9.17) is 25.8 Å². The lowest BCUT2D eigenvalue weighted by molar-refractivity contribution is -0.124. The first kappa shape index (κ1) is 15.4. The number of nitrogens with one attached hydrogen (secondary N) is 1. The van der Waals surface area contributed by atoms with Crippen LogP contribution in [0.5, 0.6) is 11.5 Å². The Bertz CT molecular complexity index is 565. The molecule has 0 aliphatic carbocycles. The van der Waals surface area contributed by atoms with Gasteiger partial charge in [0.05, 0.1) is 25.2 Å². The van der Waals surface area contributed by atoms with Gasteiger partial charge in [-0.15, -0.1) is 0 Å². The summed E-state index contributed by atoms with van der Waals surface area (Å²) in [6, 6.07) is 3.01. The van der Waals surface area contributed by atoms with Crippen molar-refractivity contribution < 1.29 is 24.1 Å². The van der Waals surface area contributed by atoms with Gasteiger partial charge in [0.15, 0.2) is 11.5 Å². The van der Waals surface area contributed by atoms with Crippen molar-refractivity contribution in [2.75, 3.05) is 26.4 Å². The lowest BCUT2D eigenvalue weighted by Crippen LogP contribution is -2.49. The van der Waals surface area contributed by atoms with Gasteiger partial charge in [-0.05, 0) is 18.1 Å². The number of benzene rings is 1. The average Bonchev–Trinajstić information content (AvgIpc) is 2.50. The molecule has 2 atom stereocenters. The fourth-order valence-corrected chi connectivity index (χ4v) is 2.76. The second-order valence-electron chi connectivity index (χ2n) is 5.37. The van der Waals surface area contributed by atoms with Gasteiger partial charge >= 0.3 is 0 Å². The molecule has 120 valence electrons. The van der Waals surface area contributed by atoms with Crippen molar-refractivity contribution in [2.24, 2.45) is 0 Å². The van der Waals surface area contributed by atoms with E-state index in [9.17, 15) is 9.90 Å². The van der Waals surface area contributed by atoms with Gasteiger partial charge < -0.3 is 24.6 Å². The summed E-state index contributed by atoms with van der Waals surface area (Å²) in [4.78, 5) is 12.1. The van der Waals surface area contributed by atoms with Crippen LogP contribution >= 0.6 is 11.6 Å². The fourth-order valence-electron chi connectivity index (χ4n) is 2.54. The van der Waals surface area contributed by atoms with Crippen LogP contribution in [-0.4, -0.2) is 49.6 Å². The highest BCUT2D eigenvalue weighted by molar-refractivity contribution is 6.31. The van der Waals surface area contributed by atoms with E-state index in [1.807, 2.05) is 0 Å². The highest BCUT2D eigenvalue weighted by Crippen LogP contribution is 2.35. The van der Waals surface area contributed by atoms with E-state index in [-0.39, 0.29) is 18.4 Å². The molecule has 0 aromatic heterocycles. The second-order valence-corrected chi connectivity index (χ2v) is 5.78. The first-order chi connectivity index (χ1) is 10.6.